The van der Waals surface area contributed by atoms with E-state index in [1.54, 1.807) is 11.8 Å². The smallest absolute Gasteiger partial charge is 0.410 e. The summed E-state index contributed by atoms with van der Waals surface area (Å²) in [7, 11) is 0. The maximum absolute atomic E-state index is 12.1. The minimum Gasteiger partial charge on any atom is -0.466 e. The van der Waals surface area contributed by atoms with Gasteiger partial charge >= 0.3 is 12.1 Å². The summed E-state index contributed by atoms with van der Waals surface area (Å²) in [5, 5.41) is 0. The second-order valence-electron chi connectivity index (χ2n) is 6.53. The van der Waals surface area contributed by atoms with E-state index in [-0.39, 0.29) is 23.4 Å². The van der Waals surface area contributed by atoms with Crippen LogP contribution in [0.5, 0.6) is 0 Å². The summed E-state index contributed by atoms with van der Waals surface area (Å²) in [6, 6.07) is 0. The van der Waals surface area contributed by atoms with E-state index >= 15 is 0 Å². The maximum atomic E-state index is 12.1. The van der Waals surface area contributed by atoms with E-state index < -0.39 is 5.60 Å². The van der Waals surface area contributed by atoms with Crippen LogP contribution in [0, 0.1) is 11.3 Å². The molecule has 0 aromatic rings. The molecule has 2 rings (SSSR count). The highest BCUT2D eigenvalue weighted by Gasteiger charge is 2.59. The summed E-state index contributed by atoms with van der Waals surface area (Å²) < 4.78 is 10.5. The van der Waals surface area contributed by atoms with Crippen LogP contribution in [0.15, 0.2) is 0 Å². The molecular formula is C14H23NO4. The predicted octanol–water partition coefficient (Wildman–Crippen LogP) is 2.20. The van der Waals surface area contributed by atoms with E-state index in [4.69, 9.17) is 9.47 Å². The number of hydrogen-bond acceptors (Lipinski definition) is 4. The predicted molar refractivity (Wildman–Crippen MR) is 69.6 cm³/mol. The molecule has 1 aliphatic heterocycles. The normalized spacial score (nSPS) is 24.4. The molecule has 108 valence electrons. The number of likely N-dealkylation sites (tertiary alicyclic amines) is 1. The molecule has 5 nitrogen and oxygen atoms in total. The van der Waals surface area contributed by atoms with Crippen LogP contribution in [0.4, 0.5) is 4.79 Å². The Morgan fingerprint density at radius 1 is 1.32 bits per heavy atom. The van der Waals surface area contributed by atoms with Gasteiger partial charge in [0, 0.05) is 18.5 Å². The van der Waals surface area contributed by atoms with Gasteiger partial charge in [-0.2, -0.15) is 0 Å². The van der Waals surface area contributed by atoms with E-state index in [1.165, 1.54) is 0 Å². The van der Waals surface area contributed by atoms with Crippen molar-refractivity contribution in [1.82, 2.24) is 4.90 Å². The monoisotopic (exact) mass is 269 g/mol. The van der Waals surface area contributed by atoms with Gasteiger partial charge in [-0.3, -0.25) is 4.79 Å². The SMILES string of the molecule is CCOC(=O)C1CN(C(=O)OC(C)(C)C)CC12CC2. The minimum absolute atomic E-state index is 0.0385. The van der Waals surface area contributed by atoms with Gasteiger partial charge in [-0.1, -0.05) is 0 Å². The summed E-state index contributed by atoms with van der Waals surface area (Å²) in [6.07, 6.45) is 1.66. The van der Waals surface area contributed by atoms with Gasteiger partial charge < -0.3 is 14.4 Å². The van der Waals surface area contributed by atoms with Crippen LogP contribution in [0.2, 0.25) is 0 Å². The fourth-order valence-corrected chi connectivity index (χ4v) is 2.67. The molecule has 5 heteroatoms. The van der Waals surface area contributed by atoms with Crippen LogP contribution in [0.1, 0.15) is 40.5 Å². The Hall–Kier alpha value is -1.26. The Labute approximate surface area is 114 Å². The third-order valence-electron chi connectivity index (χ3n) is 3.76. The van der Waals surface area contributed by atoms with Crippen molar-refractivity contribution >= 4 is 12.1 Å². The zero-order chi connectivity index (χ0) is 14.3. The summed E-state index contributed by atoms with van der Waals surface area (Å²) in [5.41, 5.74) is -0.543. The number of nitrogens with zero attached hydrogens (tertiary/aromatic N) is 1. The fraction of sp³-hybridized carbons (Fsp3) is 0.857. The third-order valence-corrected chi connectivity index (χ3v) is 3.76. The van der Waals surface area contributed by atoms with Crippen LogP contribution in [0.25, 0.3) is 0 Å². The number of carbonyl (C=O) groups is 2. The summed E-state index contributed by atoms with van der Waals surface area (Å²) in [4.78, 5) is 25.7. The lowest BCUT2D eigenvalue weighted by molar-refractivity contribution is -0.149. The van der Waals surface area contributed by atoms with Gasteiger partial charge in [0.15, 0.2) is 0 Å². The highest BCUT2D eigenvalue weighted by molar-refractivity contribution is 5.77. The van der Waals surface area contributed by atoms with Crippen molar-refractivity contribution in [2.45, 2.75) is 46.1 Å². The zero-order valence-corrected chi connectivity index (χ0v) is 12.2. The van der Waals surface area contributed by atoms with Crippen LogP contribution in [-0.4, -0.2) is 42.3 Å². The van der Waals surface area contributed by atoms with Crippen molar-refractivity contribution in [1.29, 1.82) is 0 Å². The highest BCUT2D eigenvalue weighted by atomic mass is 16.6. The fourth-order valence-electron chi connectivity index (χ4n) is 2.67. The van der Waals surface area contributed by atoms with Gasteiger partial charge in [0.05, 0.1) is 12.5 Å². The van der Waals surface area contributed by atoms with Crippen molar-refractivity contribution in [2.75, 3.05) is 19.7 Å². The standard InChI is InChI=1S/C14H23NO4/c1-5-18-11(16)10-8-15(9-14(10)6-7-14)12(17)19-13(2,3)4/h10H,5-9H2,1-4H3. The van der Waals surface area contributed by atoms with E-state index in [0.717, 1.165) is 12.8 Å². The molecule has 0 N–H and O–H groups in total. The van der Waals surface area contributed by atoms with E-state index in [9.17, 15) is 9.59 Å². The average Bonchev–Trinajstić information content (AvgIpc) is 2.89. The lowest BCUT2D eigenvalue weighted by Gasteiger charge is -2.24. The van der Waals surface area contributed by atoms with Crippen molar-refractivity contribution < 1.29 is 19.1 Å². The number of rotatable bonds is 2. The zero-order valence-electron chi connectivity index (χ0n) is 12.2. The molecule has 1 saturated heterocycles. The first-order valence-corrected chi connectivity index (χ1v) is 6.92. The van der Waals surface area contributed by atoms with E-state index in [0.29, 0.717) is 19.7 Å². The van der Waals surface area contributed by atoms with Crippen molar-refractivity contribution in [3.63, 3.8) is 0 Å². The molecule has 2 fully saturated rings. The molecule has 1 unspecified atom stereocenters. The Bertz CT molecular complexity index is 381. The Kier molecular flexibility index (Phi) is 3.49. The molecule has 0 aromatic heterocycles. The van der Waals surface area contributed by atoms with Gasteiger partial charge in [0.1, 0.15) is 5.60 Å². The molecule has 19 heavy (non-hydrogen) atoms. The van der Waals surface area contributed by atoms with Gasteiger partial charge in [-0.15, -0.1) is 0 Å². The second kappa shape index (κ2) is 4.69. The Morgan fingerprint density at radius 3 is 2.42 bits per heavy atom. The van der Waals surface area contributed by atoms with Crippen LogP contribution < -0.4 is 0 Å². The maximum Gasteiger partial charge on any atom is 0.410 e. The third kappa shape index (κ3) is 3.01. The molecule has 1 atom stereocenters. The number of amides is 1. The lowest BCUT2D eigenvalue weighted by atomic mass is 9.93. The Morgan fingerprint density at radius 2 is 1.95 bits per heavy atom. The molecule has 1 saturated carbocycles. The second-order valence-corrected chi connectivity index (χ2v) is 6.53. The molecular weight excluding hydrogens is 246 g/mol. The van der Waals surface area contributed by atoms with Crippen LogP contribution >= 0.6 is 0 Å². The topological polar surface area (TPSA) is 55.8 Å². The molecule has 1 spiro atoms. The first kappa shape index (κ1) is 14.2. The average molecular weight is 269 g/mol. The van der Waals surface area contributed by atoms with Gasteiger partial charge in [-0.05, 0) is 40.5 Å². The van der Waals surface area contributed by atoms with Gasteiger partial charge in [0.2, 0.25) is 0 Å². The molecule has 0 bridgehead atoms. The first-order valence-electron chi connectivity index (χ1n) is 6.92. The van der Waals surface area contributed by atoms with Crippen LogP contribution in [0.3, 0.4) is 0 Å². The molecule has 1 amide bonds. The van der Waals surface area contributed by atoms with Crippen molar-refractivity contribution in [3.05, 3.63) is 0 Å². The Balaban J connectivity index is 2.00. The molecule has 2 aliphatic rings. The molecule has 1 heterocycles. The minimum atomic E-state index is -0.504. The number of carbonyl (C=O) groups excluding carboxylic acids is 2. The van der Waals surface area contributed by atoms with Crippen molar-refractivity contribution in [2.24, 2.45) is 11.3 Å². The number of ether oxygens (including phenoxy) is 2. The quantitative estimate of drug-likeness (QED) is 0.721. The molecule has 0 aromatic carbocycles. The molecule has 1 aliphatic carbocycles. The van der Waals surface area contributed by atoms with E-state index in [1.807, 2.05) is 20.8 Å². The van der Waals surface area contributed by atoms with Crippen molar-refractivity contribution in [3.8, 4) is 0 Å². The number of esters is 1. The molecule has 0 radical (unpaired) electrons. The van der Waals surface area contributed by atoms with E-state index in [2.05, 4.69) is 0 Å². The number of hydrogen-bond donors (Lipinski definition) is 0. The summed E-state index contributed by atoms with van der Waals surface area (Å²) in [6.45, 7) is 8.76. The highest BCUT2D eigenvalue weighted by Crippen LogP contribution is 2.56. The summed E-state index contributed by atoms with van der Waals surface area (Å²) >= 11 is 0. The largest absolute Gasteiger partial charge is 0.466 e. The summed E-state index contributed by atoms with van der Waals surface area (Å²) in [5.74, 6) is -0.356. The van der Waals surface area contributed by atoms with Gasteiger partial charge in [0.25, 0.3) is 0 Å². The lowest BCUT2D eigenvalue weighted by Crippen LogP contribution is -2.36. The first-order chi connectivity index (χ1) is 8.77. The van der Waals surface area contributed by atoms with Gasteiger partial charge in [-0.25, -0.2) is 4.79 Å². The van der Waals surface area contributed by atoms with Crippen LogP contribution in [-0.2, 0) is 14.3 Å².